The fourth-order valence-electron chi connectivity index (χ4n) is 3.57. The third kappa shape index (κ3) is 3.20. The number of hydrogen-bond donors (Lipinski definition) is 1. The molecule has 144 valence electrons. The van der Waals surface area contributed by atoms with Gasteiger partial charge in [0.25, 0.3) is 0 Å². The second kappa shape index (κ2) is 7.56. The minimum atomic E-state index is -0.0780. The van der Waals surface area contributed by atoms with Crippen molar-refractivity contribution in [1.82, 2.24) is 0 Å². The Morgan fingerprint density at radius 3 is 2.36 bits per heavy atom. The molecule has 6 heteroatoms. The molecule has 1 N–H and O–H groups in total. The van der Waals surface area contributed by atoms with Crippen LogP contribution in [0.4, 0.5) is 5.69 Å². The standard InChI is InChI=1S/C22H21NO4S/c1-25-14-6-4-13(5-7-14)18-12-28-22-17(11-20(24)23-21(18)22)16-10-15(26-2)8-9-19(16)27-3/h4-10,12,17H,11H2,1-3H3,(H,23,24)/t17-/m1/s1. The van der Waals surface area contributed by atoms with Crippen molar-refractivity contribution in [2.24, 2.45) is 0 Å². The molecule has 1 amide bonds. The van der Waals surface area contributed by atoms with Gasteiger partial charge in [0.1, 0.15) is 17.2 Å². The fourth-order valence-corrected chi connectivity index (χ4v) is 4.72. The zero-order valence-corrected chi connectivity index (χ0v) is 16.8. The van der Waals surface area contributed by atoms with Crippen LogP contribution >= 0.6 is 11.3 Å². The first kappa shape index (κ1) is 18.4. The molecule has 5 nitrogen and oxygen atoms in total. The Morgan fingerprint density at radius 2 is 1.68 bits per heavy atom. The number of ether oxygens (including phenoxy) is 3. The van der Waals surface area contributed by atoms with Gasteiger partial charge < -0.3 is 19.5 Å². The van der Waals surface area contributed by atoms with Gasteiger partial charge in [-0.15, -0.1) is 11.3 Å². The van der Waals surface area contributed by atoms with E-state index in [1.807, 2.05) is 42.5 Å². The van der Waals surface area contributed by atoms with Gasteiger partial charge in [-0.05, 0) is 35.9 Å². The number of benzene rings is 2. The number of carbonyl (C=O) groups excluding carboxylic acids is 1. The van der Waals surface area contributed by atoms with Crippen LogP contribution in [-0.2, 0) is 4.79 Å². The first-order valence-corrected chi connectivity index (χ1v) is 9.80. The molecule has 2 heterocycles. The molecule has 4 rings (SSSR count). The van der Waals surface area contributed by atoms with Crippen molar-refractivity contribution >= 4 is 22.9 Å². The van der Waals surface area contributed by atoms with E-state index in [1.165, 1.54) is 0 Å². The van der Waals surface area contributed by atoms with Gasteiger partial charge >= 0.3 is 0 Å². The topological polar surface area (TPSA) is 56.8 Å². The maximum atomic E-state index is 12.5. The molecule has 0 saturated carbocycles. The molecule has 28 heavy (non-hydrogen) atoms. The summed E-state index contributed by atoms with van der Waals surface area (Å²) in [5.41, 5.74) is 3.89. The van der Waals surface area contributed by atoms with Crippen LogP contribution < -0.4 is 19.5 Å². The smallest absolute Gasteiger partial charge is 0.225 e. The van der Waals surface area contributed by atoms with Crippen molar-refractivity contribution in [2.75, 3.05) is 26.6 Å². The highest BCUT2D eigenvalue weighted by Gasteiger charge is 2.32. The van der Waals surface area contributed by atoms with E-state index in [9.17, 15) is 4.79 Å². The van der Waals surface area contributed by atoms with E-state index in [0.29, 0.717) is 6.42 Å². The second-order valence-corrected chi connectivity index (χ2v) is 7.44. The quantitative estimate of drug-likeness (QED) is 0.667. The van der Waals surface area contributed by atoms with Crippen molar-refractivity contribution < 1.29 is 19.0 Å². The number of thiophene rings is 1. The average Bonchev–Trinajstić information content (AvgIpc) is 3.16. The van der Waals surface area contributed by atoms with Crippen molar-refractivity contribution in [2.45, 2.75) is 12.3 Å². The zero-order chi connectivity index (χ0) is 19.7. The predicted molar refractivity (Wildman–Crippen MR) is 111 cm³/mol. The molecule has 0 radical (unpaired) electrons. The van der Waals surface area contributed by atoms with Crippen LogP contribution in [-0.4, -0.2) is 27.2 Å². The average molecular weight is 395 g/mol. The van der Waals surface area contributed by atoms with E-state index >= 15 is 0 Å². The highest BCUT2D eigenvalue weighted by atomic mass is 32.1. The van der Waals surface area contributed by atoms with Crippen molar-refractivity contribution in [3.63, 3.8) is 0 Å². The van der Waals surface area contributed by atoms with Gasteiger partial charge in [-0.3, -0.25) is 4.79 Å². The van der Waals surface area contributed by atoms with Crippen LogP contribution in [0.25, 0.3) is 11.1 Å². The molecule has 1 atom stereocenters. The molecule has 0 fully saturated rings. The SMILES string of the molecule is COc1ccc(-c2csc3c2NC(=O)C[C@@H]3c2cc(OC)ccc2OC)cc1. The van der Waals surface area contributed by atoms with Crippen LogP contribution in [0.15, 0.2) is 47.8 Å². The van der Waals surface area contributed by atoms with Gasteiger partial charge in [-0.25, -0.2) is 0 Å². The first-order chi connectivity index (χ1) is 13.6. The van der Waals surface area contributed by atoms with E-state index in [1.54, 1.807) is 32.7 Å². The molecule has 1 aliphatic heterocycles. The number of methoxy groups -OCH3 is 3. The Hall–Kier alpha value is -2.99. The first-order valence-electron chi connectivity index (χ1n) is 8.92. The molecule has 0 unspecified atom stereocenters. The van der Waals surface area contributed by atoms with E-state index in [0.717, 1.165) is 44.5 Å². The minimum Gasteiger partial charge on any atom is -0.497 e. The third-order valence-corrected chi connectivity index (χ3v) is 6.10. The summed E-state index contributed by atoms with van der Waals surface area (Å²) >= 11 is 1.65. The molecule has 3 aromatic rings. The lowest BCUT2D eigenvalue weighted by atomic mass is 9.88. The molecular formula is C22H21NO4S. The monoisotopic (exact) mass is 395 g/mol. The van der Waals surface area contributed by atoms with Crippen LogP contribution in [0.2, 0.25) is 0 Å². The number of hydrogen-bond acceptors (Lipinski definition) is 5. The van der Waals surface area contributed by atoms with Crippen molar-refractivity contribution in [1.29, 1.82) is 0 Å². The zero-order valence-electron chi connectivity index (χ0n) is 15.9. The lowest BCUT2D eigenvalue weighted by Crippen LogP contribution is -2.22. The number of rotatable bonds is 5. The Bertz CT molecular complexity index is 1010. The number of amides is 1. The Labute approximate surface area is 167 Å². The second-order valence-electron chi connectivity index (χ2n) is 6.53. The maximum absolute atomic E-state index is 12.5. The van der Waals surface area contributed by atoms with Gasteiger partial charge in [-0.1, -0.05) is 12.1 Å². The van der Waals surface area contributed by atoms with Crippen LogP contribution in [0.5, 0.6) is 17.2 Å². The van der Waals surface area contributed by atoms with E-state index in [-0.39, 0.29) is 11.8 Å². The normalized spacial score (nSPS) is 15.5. The summed E-state index contributed by atoms with van der Waals surface area (Å²) in [7, 11) is 4.93. The van der Waals surface area contributed by atoms with E-state index in [2.05, 4.69) is 10.7 Å². The molecule has 0 saturated heterocycles. The summed E-state index contributed by atoms with van der Waals surface area (Å²) in [4.78, 5) is 13.7. The van der Waals surface area contributed by atoms with Crippen LogP contribution in [0, 0.1) is 0 Å². The number of carbonyl (C=O) groups is 1. The van der Waals surface area contributed by atoms with Gasteiger partial charge in [0.05, 0.1) is 27.0 Å². The largest absolute Gasteiger partial charge is 0.497 e. The lowest BCUT2D eigenvalue weighted by Gasteiger charge is -2.25. The number of fused-ring (bicyclic) bond motifs is 1. The molecule has 1 aromatic heterocycles. The Kier molecular flexibility index (Phi) is 4.96. The van der Waals surface area contributed by atoms with Crippen molar-refractivity contribution in [3.05, 3.63) is 58.3 Å². The van der Waals surface area contributed by atoms with Gasteiger partial charge in [0, 0.05) is 33.7 Å². The van der Waals surface area contributed by atoms with E-state index < -0.39 is 0 Å². The number of anilines is 1. The molecule has 0 spiro atoms. The van der Waals surface area contributed by atoms with Gasteiger partial charge in [-0.2, -0.15) is 0 Å². The summed E-state index contributed by atoms with van der Waals surface area (Å²) in [6.45, 7) is 0. The van der Waals surface area contributed by atoms with Gasteiger partial charge in [0.2, 0.25) is 5.91 Å². The van der Waals surface area contributed by atoms with Crippen molar-refractivity contribution in [3.8, 4) is 28.4 Å². The molecule has 0 bridgehead atoms. The van der Waals surface area contributed by atoms with Gasteiger partial charge in [0.15, 0.2) is 0 Å². The van der Waals surface area contributed by atoms with Crippen LogP contribution in [0.1, 0.15) is 22.8 Å². The van der Waals surface area contributed by atoms with Crippen LogP contribution in [0.3, 0.4) is 0 Å². The Morgan fingerprint density at radius 1 is 0.964 bits per heavy atom. The van der Waals surface area contributed by atoms with E-state index in [4.69, 9.17) is 14.2 Å². The highest BCUT2D eigenvalue weighted by molar-refractivity contribution is 7.11. The third-order valence-electron chi connectivity index (χ3n) is 5.00. The fraction of sp³-hybridized carbons (Fsp3) is 0.227. The number of nitrogens with one attached hydrogen (secondary N) is 1. The summed E-state index contributed by atoms with van der Waals surface area (Å²) in [6.07, 6.45) is 0.374. The Balaban J connectivity index is 1.81. The summed E-state index contributed by atoms with van der Waals surface area (Å²) in [5.74, 6) is 2.22. The summed E-state index contributed by atoms with van der Waals surface area (Å²) in [6, 6.07) is 13.6. The minimum absolute atomic E-state index is 0.00413. The highest BCUT2D eigenvalue weighted by Crippen LogP contribution is 2.48. The molecule has 0 aliphatic carbocycles. The summed E-state index contributed by atoms with van der Waals surface area (Å²) in [5, 5.41) is 5.16. The molecular weight excluding hydrogens is 374 g/mol. The summed E-state index contributed by atoms with van der Waals surface area (Å²) < 4.78 is 16.2. The maximum Gasteiger partial charge on any atom is 0.225 e. The lowest BCUT2D eigenvalue weighted by molar-refractivity contribution is -0.116. The predicted octanol–water partition coefficient (Wildman–Crippen LogP) is 4.92. The molecule has 1 aliphatic rings. The molecule has 2 aromatic carbocycles.